The zero-order valence-corrected chi connectivity index (χ0v) is 20.6. The van der Waals surface area contributed by atoms with Crippen LogP contribution in [0.15, 0.2) is 29.8 Å². The van der Waals surface area contributed by atoms with Gasteiger partial charge in [0.05, 0.1) is 10.5 Å². The number of nitro groups is 1. The molecule has 1 N–H and O–H groups in total. The third-order valence-electron chi connectivity index (χ3n) is 10.5. The summed E-state index contributed by atoms with van der Waals surface area (Å²) in [7, 11) is 0. The lowest BCUT2D eigenvalue weighted by atomic mass is 9.44. The van der Waals surface area contributed by atoms with Gasteiger partial charge in [0.15, 0.2) is 5.78 Å². The van der Waals surface area contributed by atoms with Crippen molar-refractivity contribution < 1.29 is 24.4 Å². The molecule has 35 heavy (non-hydrogen) atoms. The molecule has 0 saturated heterocycles. The molecular formula is C28H33NO6. The van der Waals surface area contributed by atoms with Gasteiger partial charge in [-0.1, -0.05) is 25.5 Å². The van der Waals surface area contributed by atoms with Gasteiger partial charge in [0, 0.05) is 29.9 Å². The molecule has 3 saturated carbocycles. The van der Waals surface area contributed by atoms with Crippen molar-refractivity contribution in [3.8, 4) is 0 Å². The minimum Gasteiger partial charge on any atom is -0.478 e. The van der Waals surface area contributed by atoms with Crippen LogP contribution >= 0.6 is 0 Å². The van der Waals surface area contributed by atoms with E-state index in [1.807, 2.05) is 0 Å². The standard InChI is InChI=1S/C28H33NO6/c1-15(30)20-9-10-21-18-8-7-16-13-17(31)14-23(28(16,3)22(18)11-12-27(20,21)2)25-19(26(32)33)5-4-6-24(25)29(34)35/h4-6,13,18,20-23H,7-12,14H2,1-3H3,(H,32,33)/t18-,20+,21-,22-,23?,27+,28+/m0/s1. The average molecular weight is 480 g/mol. The first-order valence-electron chi connectivity index (χ1n) is 12.7. The zero-order valence-electron chi connectivity index (χ0n) is 20.6. The van der Waals surface area contributed by atoms with Gasteiger partial charge in [0.25, 0.3) is 5.69 Å². The van der Waals surface area contributed by atoms with Gasteiger partial charge in [-0.25, -0.2) is 4.79 Å². The highest BCUT2D eigenvalue weighted by molar-refractivity contribution is 5.95. The summed E-state index contributed by atoms with van der Waals surface area (Å²) in [4.78, 5) is 49.1. The molecule has 1 aromatic carbocycles. The highest BCUT2D eigenvalue weighted by Crippen LogP contribution is 2.69. The number of carboxylic acids is 1. The summed E-state index contributed by atoms with van der Waals surface area (Å²) in [6.07, 6.45) is 7.20. The quantitative estimate of drug-likeness (QED) is 0.436. The highest BCUT2D eigenvalue weighted by atomic mass is 16.6. The van der Waals surface area contributed by atoms with Crippen molar-refractivity contribution in [2.45, 2.75) is 71.6 Å². The Bertz CT molecular complexity index is 1140. The van der Waals surface area contributed by atoms with Crippen molar-refractivity contribution in [2.24, 2.45) is 34.5 Å². The molecular weight excluding hydrogens is 446 g/mol. The normalized spacial score (nSPS) is 38.1. The van der Waals surface area contributed by atoms with Gasteiger partial charge in [-0.3, -0.25) is 19.7 Å². The molecule has 0 radical (unpaired) electrons. The van der Waals surface area contributed by atoms with Gasteiger partial charge in [-0.15, -0.1) is 0 Å². The molecule has 0 aliphatic heterocycles. The van der Waals surface area contributed by atoms with E-state index in [0.29, 0.717) is 11.8 Å². The van der Waals surface area contributed by atoms with Crippen molar-refractivity contribution in [3.05, 3.63) is 51.1 Å². The molecule has 5 rings (SSSR count). The van der Waals surface area contributed by atoms with E-state index < -0.39 is 22.2 Å². The van der Waals surface area contributed by atoms with Crippen molar-refractivity contribution >= 4 is 23.2 Å². The number of carbonyl (C=O) groups is 3. The second-order valence-corrected chi connectivity index (χ2v) is 11.7. The van der Waals surface area contributed by atoms with E-state index in [9.17, 15) is 29.6 Å². The first-order valence-corrected chi connectivity index (χ1v) is 12.7. The number of aromatic carboxylic acids is 1. The summed E-state index contributed by atoms with van der Waals surface area (Å²) in [5, 5.41) is 22.0. The molecule has 1 aromatic rings. The smallest absolute Gasteiger partial charge is 0.336 e. The Labute approximate surface area is 205 Å². The van der Waals surface area contributed by atoms with E-state index in [1.165, 1.54) is 18.2 Å². The lowest BCUT2D eigenvalue weighted by Crippen LogP contribution is -2.53. The number of benzene rings is 1. The third kappa shape index (κ3) is 3.34. The number of nitrogens with zero attached hydrogens (tertiary/aromatic N) is 1. The number of carboxylic acid groups (broad SMARTS) is 1. The van der Waals surface area contributed by atoms with Crippen LogP contribution in [-0.4, -0.2) is 27.6 Å². The predicted molar refractivity (Wildman–Crippen MR) is 129 cm³/mol. The number of hydrogen-bond acceptors (Lipinski definition) is 5. The summed E-state index contributed by atoms with van der Waals surface area (Å²) >= 11 is 0. The fraction of sp³-hybridized carbons (Fsp3) is 0.607. The van der Waals surface area contributed by atoms with E-state index in [0.717, 1.165) is 44.1 Å². The number of carbonyl (C=O) groups excluding carboxylic acids is 2. The third-order valence-corrected chi connectivity index (χ3v) is 10.5. The molecule has 7 atom stereocenters. The minimum atomic E-state index is -1.21. The SMILES string of the molecule is CC(=O)[C@H]1CC[C@H]2[C@@H]3CCC4=CC(=O)CC(c5c(C(=O)O)cccc5[N+](=O)[O-])[C@@]4(C)[C@H]3CC[C@]12C. The zero-order chi connectivity index (χ0) is 25.3. The Hall–Kier alpha value is -2.83. The molecule has 0 spiro atoms. The molecule has 7 nitrogen and oxygen atoms in total. The van der Waals surface area contributed by atoms with Crippen LogP contribution in [0.3, 0.4) is 0 Å². The van der Waals surface area contributed by atoms with Crippen LogP contribution in [0, 0.1) is 44.6 Å². The Morgan fingerprint density at radius 3 is 2.51 bits per heavy atom. The monoisotopic (exact) mass is 479 g/mol. The number of nitro benzene ring substituents is 1. The fourth-order valence-corrected chi connectivity index (χ4v) is 8.98. The summed E-state index contributed by atoms with van der Waals surface area (Å²) < 4.78 is 0. The molecule has 0 bridgehead atoms. The van der Waals surface area contributed by atoms with Crippen LogP contribution in [-0.2, 0) is 9.59 Å². The highest BCUT2D eigenvalue weighted by Gasteiger charge is 2.62. The van der Waals surface area contributed by atoms with Crippen LogP contribution in [0.4, 0.5) is 5.69 Å². The molecule has 4 aliphatic rings. The number of rotatable bonds is 4. The largest absolute Gasteiger partial charge is 0.478 e. The maximum absolute atomic E-state index is 12.9. The second-order valence-electron chi connectivity index (χ2n) is 11.7. The Morgan fingerprint density at radius 1 is 1.11 bits per heavy atom. The Balaban J connectivity index is 1.65. The average Bonchev–Trinajstić information content (AvgIpc) is 3.16. The van der Waals surface area contributed by atoms with Gasteiger partial charge < -0.3 is 5.11 Å². The molecule has 4 aliphatic carbocycles. The number of allylic oxidation sites excluding steroid dienone is 1. The fourth-order valence-electron chi connectivity index (χ4n) is 8.98. The van der Waals surface area contributed by atoms with Crippen LogP contribution in [0.1, 0.15) is 87.6 Å². The van der Waals surface area contributed by atoms with E-state index in [4.69, 9.17) is 0 Å². The maximum Gasteiger partial charge on any atom is 0.336 e. The molecule has 186 valence electrons. The maximum atomic E-state index is 12.9. The van der Waals surface area contributed by atoms with E-state index in [2.05, 4.69) is 13.8 Å². The summed E-state index contributed by atoms with van der Waals surface area (Å²) in [5.41, 5.74) is 0.330. The number of Topliss-reactive ketones (excluding diaryl/α,β-unsaturated/α-hetero) is 1. The summed E-state index contributed by atoms with van der Waals surface area (Å²) in [5.74, 6) is -0.578. The van der Waals surface area contributed by atoms with Crippen molar-refractivity contribution in [1.29, 1.82) is 0 Å². The first kappa shape index (κ1) is 23.9. The van der Waals surface area contributed by atoms with Gasteiger partial charge >= 0.3 is 5.97 Å². The lowest BCUT2D eigenvalue weighted by Gasteiger charge is -2.60. The van der Waals surface area contributed by atoms with Crippen molar-refractivity contribution in [1.82, 2.24) is 0 Å². The van der Waals surface area contributed by atoms with Crippen molar-refractivity contribution in [2.75, 3.05) is 0 Å². The summed E-state index contributed by atoms with van der Waals surface area (Å²) in [6, 6.07) is 4.19. The van der Waals surface area contributed by atoms with Crippen LogP contribution in [0.2, 0.25) is 0 Å². The van der Waals surface area contributed by atoms with Gasteiger partial charge in [0.2, 0.25) is 0 Å². The predicted octanol–water partition coefficient (Wildman–Crippen LogP) is 5.72. The molecule has 7 heteroatoms. The van der Waals surface area contributed by atoms with E-state index in [-0.39, 0.29) is 52.1 Å². The first-order chi connectivity index (χ1) is 16.5. The summed E-state index contributed by atoms with van der Waals surface area (Å²) in [6.45, 7) is 6.10. The number of ketones is 2. The molecule has 3 fully saturated rings. The Kier molecular flexibility index (Phi) is 5.53. The van der Waals surface area contributed by atoms with Crippen LogP contribution < -0.4 is 0 Å². The second kappa shape index (κ2) is 8.10. The lowest BCUT2D eigenvalue weighted by molar-refractivity contribution is -0.386. The van der Waals surface area contributed by atoms with Gasteiger partial charge in [-0.2, -0.15) is 0 Å². The molecule has 1 unspecified atom stereocenters. The molecule has 0 amide bonds. The minimum absolute atomic E-state index is 0.0322. The molecule has 0 aromatic heterocycles. The van der Waals surface area contributed by atoms with Crippen molar-refractivity contribution in [3.63, 3.8) is 0 Å². The number of fused-ring (bicyclic) bond motifs is 5. The molecule has 0 heterocycles. The van der Waals surface area contributed by atoms with E-state index in [1.54, 1.807) is 13.0 Å². The Morgan fingerprint density at radius 2 is 1.86 bits per heavy atom. The topological polar surface area (TPSA) is 115 Å². The van der Waals surface area contributed by atoms with Crippen LogP contribution in [0.25, 0.3) is 0 Å². The van der Waals surface area contributed by atoms with E-state index >= 15 is 0 Å². The van der Waals surface area contributed by atoms with Gasteiger partial charge in [0.1, 0.15) is 5.78 Å². The van der Waals surface area contributed by atoms with Crippen LogP contribution in [0.5, 0.6) is 0 Å². The number of hydrogen-bond donors (Lipinski definition) is 1. The van der Waals surface area contributed by atoms with Gasteiger partial charge in [-0.05, 0) is 86.2 Å².